The van der Waals surface area contributed by atoms with Gasteiger partial charge in [0.1, 0.15) is 19.0 Å². The number of hydrogen-bond donors (Lipinski definition) is 1. The summed E-state index contributed by atoms with van der Waals surface area (Å²) >= 11 is 0. The normalized spacial score (nSPS) is 12.0. The highest BCUT2D eigenvalue weighted by atomic mass is 16.2. The van der Waals surface area contributed by atoms with E-state index in [-0.39, 0.29) is 5.91 Å². The first-order valence-electron chi connectivity index (χ1n) is 6.72. The van der Waals surface area contributed by atoms with E-state index in [9.17, 15) is 4.79 Å². The van der Waals surface area contributed by atoms with Crippen LogP contribution in [0, 0.1) is 0 Å². The molecule has 0 saturated carbocycles. The van der Waals surface area contributed by atoms with E-state index in [1.807, 2.05) is 30.3 Å². The molecule has 3 aromatic rings. The number of nitrogens with zero attached hydrogens (tertiary/aromatic N) is 7. The largest absolute Gasteiger partial charge is 0.352 e. The van der Waals surface area contributed by atoms with Crippen LogP contribution in [0.25, 0.3) is 0 Å². The van der Waals surface area contributed by atoms with Crippen LogP contribution < -0.4 is 5.32 Å². The van der Waals surface area contributed by atoms with Crippen molar-refractivity contribution in [1.82, 2.24) is 40.3 Å². The minimum absolute atomic E-state index is 0.182. The lowest BCUT2D eigenvalue weighted by Gasteiger charge is -2.16. The predicted octanol–water partition coefficient (Wildman–Crippen LogP) is -0.330. The Kier molecular flexibility index (Phi) is 4.14. The summed E-state index contributed by atoms with van der Waals surface area (Å²) < 4.78 is 3.08. The Hall–Kier alpha value is -3.10. The number of amides is 1. The van der Waals surface area contributed by atoms with Gasteiger partial charge in [-0.25, -0.2) is 9.67 Å². The van der Waals surface area contributed by atoms with Crippen molar-refractivity contribution in [3.63, 3.8) is 0 Å². The maximum Gasteiger partial charge on any atom is 0.249 e. The van der Waals surface area contributed by atoms with Crippen LogP contribution in [-0.4, -0.2) is 47.4 Å². The molecule has 2 aromatic heterocycles. The highest BCUT2D eigenvalue weighted by Crippen LogP contribution is 2.16. The lowest BCUT2D eigenvalue weighted by atomic mass is 10.1. The molecule has 0 unspecified atom stereocenters. The monoisotopic (exact) mass is 298 g/mol. The minimum Gasteiger partial charge on any atom is -0.352 e. The van der Waals surface area contributed by atoms with Gasteiger partial charge in [-0.1, -0.05) is 30.3 Å². The minimum atomic E-state index is -0.605. The maximum absolute atomic E-state index is 12.5. The van der Waals surface area contributed by atoms with Crippen molar-refractivity contribution in [1.29, 1.82) is 0 Å². The quantitative estimate of drug-likeness (QED) is 0.668. The number of tetrazole rings is 1. The summed E-state index contributed by atoms with van der Waals surface area (Å²) in [6.45, 7) is 0.983. The molecule has 9 heteroatoms. The van der Waals surface area contributed by atoms with E-state index in [1.165, 1.54) is 17.3 Å². The van der Waals surface area contributed by atoms with Gasteiger partial charge in [-0.3, -0.25) is 9.48 Å². The molecule has 22 heavy (non-hydrogen) atoms. The van der Waals surface area contributed by atoms with Gasteiger partial charge in [0, 0.05) is 6.54 Å². The van der Waals surface area contributed by atoms with Crippen LogP contribution in [0.1, 0.15) is 11.6 Å². The molecule has 0 aliphatic rings. The SMILES string of the molecule is O=C(NCCn1cncn1)[C@@H](c1ccccc1)n1cnnn1. The third-order valence-electron chi connectivity index (χ3n) is 3.10. The third-order valence-corrected chi connectivity index (χ3v) is 3.10. The molecular formula is C13H14N8O. The fourth-order valence-electron chi connectivity index (χ4n) is 2.08. The second-order valence-electron chi connectivity index (χ2n) is 4.55. The smallest absolute Gasteiger partial charge is 0.249 e. The van der Waals surface area contributed by atoms with Gasteiger partial charge in [0.15, 0.2) is 6.04 Å². The van der Waals surface area contributed by atoms with E-state index in [0.29, 0.717) is 13.1 Å². The van der Waals surface area contributed by atoms with Crippen molar-refractivity contribution < 1.29 is 4.79 Å². The molecule has 0 fully saturated rings. The molecule has 2 heterocycles. The maximum atomic E-state index is 12.5. The van der Waals surface area contributed by atoms with Gasteiger partial charge in [-0.15, -0.1) is 5.10 Å². The predicted molar refractivity (Wildman–Crippen MR) is 75.4 cm³/mol. The summed E-state index contributed by atoms with van der Waals surface area (Å²) in [6, 6.07) is 8.76. The van der Waals surface area contributed by atoms with Crippen LogP contribution in [0.2, 0.25) is 0 Å². The molecule has 112 valence electrons. The fourth-order valence-corrected chi connectivity index (χ4v) is 2.08. The molecule has 0 bridgehead atoms. The van der Waals surface area contributed by atoms with Crippen LogP contribution >= 0.6 is 0 Å². The Labute approximate surface area is 126 Å². The Balaban J connectivity index is 1.70. The lowest BCUT2D eigenvalue weighted by molar-refractivity contribution is -0.123. The van der Waals surface area contributed by atoms with Crippen LogP contribution in [0.3, 0.4) is 0 Å². The molecule has 1 N–H and O–H groups in total. The van der Waals surface area contributed by atoms with Crippen molar-refractivity contribution in [3.8, 4) is 0 Å². The van der Waals surface area contributed by atoms with Crippen LogP contribution in [-0.2, 0) is 11.3 Å². The van der Waals surface area contributed by atoms with Crippen molar-refractivity contribution in [2.75, 3.05) is 6.54 Å². The van der Waals surface area contributed by atoms with E-state index in [2.05, 4.69) is 30.9 Å². The van der Waals surface area contributed by atoms with E-state index in [1.54, 1.807) is 11.0 Å². The van der Waals surface area contributed by atoms with Gasteiger partial charge in [0.25, 0.3) is 0 Å². The lowest BCUT2D eigenvalue weighted by Crippen LogP contribution is -2.35. The van der Waals surface area contributed by atoms with E-state index in [4.69, 9.17) is 0 Å². The van der Waals surface area contributed by atoms with Gasteiger partial charge in [-0.05, 0) is 16.0 Å². The Bertz CT molecular complexity index is 695. The summed E-state index contributed by atoms with van der Waals surface area (Å²) in [5, 5.41) is 17.9. The first kappa shape index (κ1) is 13.9. The summed E-state index contributed by atoms with van der Waals surface area (Å²) in [4.78, 5) is 16.3. The second-order valence-corrected chi connectivity index (χ2v) is 4.55. The Morgan fingerprint density at radius 3 is 2.77 bits per heavy atom. The first-order valence-corrected chi connectivity index (χ1v) is 6.72. The van der Waals surface area contributed by atoms with Gasteiger partial charge in [0.2, 0.25) is 5.91 Å². The molecule has 0 radical (unpaired) electrons. The van der Waals surface area contributed by atoms with Gasteiger partial charge in [-0.2, -0.15) is 5.10 Å². The number of carbonyl (C=O) groups excluding carboxylic acids is 1. The molecule has 9 nitrogen and oxygen atoms in total. The van der Waals surface area contributed by atoms with Gasteiger partial charge >= 0.3 is 0 Å². The summed E-state index contributed by atoms with van der Waals surface area (Å²) in [5.74, 6) is -0.182. The Morgan fingerprint density at radius 1 is 1.23 bits per heavy atom. The van der Waals surface area contributed by atoms with Crippen LogP contribution in [0.15, 0.2) is 49.3 Å². The number of benzene rings is 1. The number of nitrogens with one attached hydrogen (secondary N) is 1. The number of rotatable bonds is 6. The highest BCUT2D eigenvalue weighted by Gasteiger charge is 2.23. The fraction of sp³-hybridized carbons (Fsp3) is 0.231. The molecule has 0 saturated heterocycles. The van der Waals surface area contributed by atoms with E-state index in [0.717, 1.165) is 5.56 Å². The summed E-state index contributed by atoms with van der Waals surface area (Å²) in [5.41, 5.74) is 0.813. The molecule has 0 spiro atoms. The zero-order valence-corrected chi connectivity index (χ0v) is 11.6. The van der Waals surface area contributed by atoms with Crippen molar-refractivity contribution in [3.05, 3.63) is 54.9 Å². The standard InChI is InChI=1S/C13H14N8O/c22-13(15-6-7-20-9-14-8-17-20)12(21-10-16-18-19-21)11-4-2-1-3-5-11/h1-5,8-10,12H,6-7H2,(H,15,22)/t12-/m1/s1. The zero-order chi connectivity index (χ0) is 15.2. The molecule has 1 amide bonds. The molecule has 1 aromatic carbocycles. The zero-order valence-electron chi connectivity index (χ0n) is 11.6. The molecule has 0 aliphatic carbocycles. The van der Waals surface area contributed by atoms with Crippen LogP contribution in [0.5, 0.6) is 0 Å². The van der Waals surface area contributed by atoms with Gasteiger partial charge in [0.05, 0.1) is 6.54 Å². The highest BCUT2D eigenvalue weighted by molar-refractivity contribution is 5.83. The molecule has 3 rings (SSSR count). The van der Waals surface area contributed by atoms with Crippen molar-refractivity contribution in [2.24, 2.45) is 0 Å². The summed E-state index contributed by atoms with van der Waals surface area (Å²) in [7, 11) is 0. The molecule has 0 aliphatic heterocycles. The second kappa shape index (κ2) is 6.57. The average molecular weight is 298 g/mol. The van der Waals surface area contributed by atoms with E-state index < -0.39 is 6.04 Å². The van der Waals surface area contributed by atoms with Gasteiger partial charge < -0.3 is 5.32 Å². The average Bonchev–Trinajstić information content (AvgIpc) is 3.22. The topological polar surface area (TPSA) is 103 Å². The van der Waals surface area contributed by atoms with Crippen LogP contribution in [0.4, 0.5) is 0 Å². The third kappa shape index (κ3) is 3.14. The Morgan fingerprint density at radius 2 is 2.09 bits per heavy atom. The molecular weight excluding hydrogens is 284 g/mol. The van der Waals surface area contributed by atoms with Crippen molar-refractivity contribution >= 4 is 5.91 Å². The van der Waals surface area contributed by atoms with E-state index >= 15 is 0 Å². The number of aromatic nitrogens is 7. The number of carbonyl (C=O) groups is 1. The first-order chi connectivity index (χ1) is 10.8. The molecule has 1 atom stereocenters. The van der Waals surface area contributed by atoms with Crippen molar-refractivity contribution in [2.45, 2.75) is 12.6 Å². The summed E-state index contributed by atoms with van der Waals surface area (Å²) in [6.07, 6.45) is 4.48. The number of hydrogen-bond acceptors (Lipinski definition) is 6.